The van der Waals surface area contributed by atoms with Crippen LogP contribution in [0.15, 0.2) is 48.5 Å². The van der Waals surface area contributed by atoms with Crippen molar-refractivity contribution >= 4 is 22.7 Å². The average Bonchev–Trinajstić information content (AvgIpc) is 3.11. The Morgan fingerprint density at radius 2 is 1.74 bits per heavy atom. The lowest BCUT2D eigenvalue weighted by Crippen LogP contribution is -2.38. The van der Waals surface area contributed by atoms with Crippen LogP contribution < -0.4 is 9.47 Å². The fourth-order valence-corrected chi connectivity index (χ4v) is 5.58. The van der Waals surface area contributed by atoms with Gasteiger partial charge in [0.1, 0.15) is 6.10 Å². The number of anilines is 1. The number of rotatable bonds is 6. The zero-order chi connectivity index (χ0) is 24.6. The van der Waals surface area contributed by atoms with Crippen molar-refractivity contribution in [3.63, 3.8) is 0 Å². The summed E-state index contributed by atoms with van der Waals surface area (Å²) < 4.78 is 10.6. The summed E-state index contributed by atoms with van der Waals surface area (Å²) in [5.74, 6) is 2.41. The second-order valence-corrected chi connectivity index (χ2v) is 10.7. The number of carbonyl (C=O) groups excluding carboxylic acids is 1. The summed E-state index contributed by atoms with van der Waals surface area (Å²) in [5, 5.41) is 0. The summed E-state index contributed by atoms with van der Waals surface area (Å²) >= 11 is 0. The molecule has 1 aromatic heterocycles. The van der Waals surface area contributed by atoms with Crippen molar-refractivity contribution in [1.82, 2.24) is 4.57 Å². The largest absolute Gasteiger partial charge is 0.459 e. The van der Waals surface area contributed by atoms with Crippen molar-refractivity contribution in [3.05, 3.63) is 48.5 Å². The minimum atomic E-state index is -0.431. The minimum Gasteiger partial charge on any atom is -0.459 e. The number of carbonyl (C=O) groups is 1. The fraction of sp³-hybridized carbons (Fsp3) is 0.517. The molecule has 3 aromatic rings. The number of esters is 1. The number of imidazole rings is 1. The smallest absolute Gasteiger partial charge is 0.351 e. The monoisotopic (exact) mass is 462 g/mol. The van der Waals surface area contributed by atoms with Crippen LogP contribution in [-0.2, 0) is 16.6 Å². The molecule has 1 unspecified atom stereocenters. The highest BCUT2D eigenvalue weighted by atomic mass is 16.5. The zero-order valence-electron chi connectivity index (χ0n) is 21.8. The minimum absolute atomic E-state index is 0.00268. The van der Waals surface area contributed by atoms with Gasteiger partial charge in [0.25, 0.3) is 5.82 Å². The molecule has 1 aliphatic rings. The molecule has 4 atom stereocenters. The zero-order valence-corrected chi connectivity index (χ0v) is 21.8. The molecule has 0 N–H and O–H groups in total. The molecule has 4 rings (SSSR count). The van der Waals surface area contributed by atoms with Gasteiger partial charge >= 0.3 is 5.97 Å². The van der Waals surface area contributed by atoms with E-state index in [1.807, 2.05) is 33.2 Å². The van der Waals surface area contributed by atoms with Crippen LogP contribution in [0.1, 0.15) is 53.0 Å². The van der Waals surface area contributed by atoms with Gasteiger partial charge in [-0.25, -0.2) is 13.9 Å². The number of para-hydroxylation sites is 2. The molecule has 1 fully saturated rings. The molecule has 5 nitrogen and oxygen atoms in total. The molecule has 0 radical (unpaired) electrons. The number of fused-ring (bicyclic) bond motifs is 1. The third-order valence-electron chi connectivity index (χ3n) is 7.65. The molecule has 1 heterocycles. The highest BCUT2D eigenvalue weighted by Gasteiger charge is 2.37. The number of ether oxygens (including phenoxy) is 1. The van der Waals surface area contributed by atoms with Crippen molar-refractivity contribution in [2.24, 2.45) is 24.8 Å². The van der Waals surface area contributed by atoms with E-state index in [9.17, 15) is 4.79 Å². The summed E-state index contributed by atoms with van der Waals surface area (Å²) in [6, 6.07) is 16.4. The van der Waals surface area contributed by atoms with Crippen molar-refractivity contribution in [2.45, 2.75) is 59.1 Å². The highest BCUT2D eigenvalue weighted by molar-refractivity contribution is 5.82. The Hall–Kier alpha value is -2.82. The van der Waals surface area contributed by atoms with E-state index in [0.29, 0.717) is 17.8 Å². The first kappa shape index (κ1) is 24.3. The van der Waals surface area contributed by atoms with Gasteiger partial charge < -0.3 is 9.64 Å². The molecular formula is C29H40N3O2+. The molecular weight excluding hydrogens is 422 g/mol. The molecule has 0 saturated heterocycles. The van der Waals surface area contributed by atoms with Crippen LogP contribution in [0, 0.1) is 17.8 Å². The van der Waals surface area contributed by atoms with E-state index in [0.717, 1.165) is 41.0 Å². The summed E-state index contributed by atoms with van der Waals surface area (Å²) in [6.07, 6.45) is 3.31. The lowest BCUT2D eigenvalue weighted by molar-refractivity contribution is -0.634. The van der Waals surface area contributed by atoms with Crippen LogP contribution in [0.4, 0.5) is 5.69 Å². The lowest BCUT2D eigenvalue weighted by atomic mass is 9.75. The summed E-state index contributed by atoms with van der Waals surface area (Å²) in [4.78, 5) is 15.7. The Labute approximate surface area is 204 Å². The maximum atomic E-state index is 13.6. The van der Waals surface area contributed by atoms with E-state index in [1.165, 1.54) is 6.42 Å². The first-order chi connectivity index (χ1) is 16.2. The molecule has 0 spiro atoms. The number of benzene rings is 2. The van der Waals surface area contributed by atoms with Gasteiger partial charge in [0.2, 0.25) is 0 Å². The second kappa shape index (κ2) is 9.81. The standard InChI is InChI=1S/C29H40N3O2/c1-19(2)24-17-12-20(3)18-27(24)34-29(33)21(4)32-26-11-9-8-10-25(26)31(7)28(32)22-13-15-23(16-14-22)30(5)6/h8-11,13-16,19-21,24,27H,12,17-18H2,1-7H3/q+1/t20-,21-,24+,27?/m1/s1. The quantitative estimate of drug-likeness (QED) is 0.345. The van der Waals surface area contributed by atoms with E-state index >= 15 is 0 Å². The van der Waals surface area contributed by atoms with E-state index < -0.39 is 6.04 Å². The van der Waals surface area contributed by atoms with Gasteiger partial charge in [-0.1, -0.05) is 39.3 Å². The summed E-state index contributed by atoms with van der Waals surface area (Å²) in [5.41, 5.74) is 4.36. The van der Waals surface area contributed by atoms with E-state index in [-0.39, 0.29) is 12.1 Å². The van der Waals surface area contributed by atoms with Crippen LogP contribution in [0.2, 0.25) is 0 Å². The number of hydrogen-bond donors (Lipinski definition) is 0. The molecule has 34 heavy (non-hydrogen) atoms. The van der Waals surface area contributed by atoms with Gasteiger partial charge in [-0.15, -0.1) is 0 Å². The molecule has 0 amide bonds. The number of hydrogen-bond acceptors (Lipinski definition) is 3. The number of nitrogens with zero attached hydrogens (tertiary/aromatic N) is 3. The SMILES string of the molecule is CC(C)[C@@H]1CC[C@@H](C)CC1OC(=O)[C@@H](C)n1c(-c2ccc(N(C)C)cc2)[n+](C)c2ccccc21. The van der Waals surface area contributed by atoms with Crippen LogP contribution >= 0.6 is 0 Å². The topological polar surface area (TPSA) is 38.4 Å². The van der Waals surface area contributed by atoms with Crippen molar-refractivity contribution < 1.29 is 14.1 Å². The van der Waals surface area contributed by atoms with Crippen LogP contribution in [0.25, 0.3) is 22.4 Å². The normalized spacial score (nSPS) is 21.6. The highest BCUT2D eigenvalue weighted by Crippen LogP contribution is 2.36. The van der Waals surface area contributed by atoms with Gasteiger partial charge in [-0.05, 0) is 73.9 Å². The maximum Gasteiger partial charge on any atom is 0.351 e. The van der Waals surface area contributed by atoms with Gasteiger partial charge in [0.05, 0.1) is 12.6 Å². The molecule has 5 heteroatoms. The molecule has 1 saturated carbocycles. The Kier molecular flexibility index (Phi) is 7.01. The van der Waals surface area contributed by atoms with Crippen LogP contribution in [-0.4, -0.2) is 30.7 Å². The molecule has 1 aliphatic carbocycles. The fourth-order valence-electron chi connectivity index (χ4n) is 5.58. The van der Waals surface area contributed by atoms with E-state index in [2.05, 4.69) is 78.3 Å². The van der Waals surface area contributed by atoms with E-state index in [1.54, 1.807) is 0 Å². The lowest BCUT2D eigenvalue weighted by Gasteiger charge is -2.37. The van der Waals surface area contributed by atoms with Crippen LogP contribution in [0.5, 0.6) is 0 Å². The summed E-state index contributed by atoms with van der Waals surface area (Å²) in [7, 11) is 6.16. The Balaban J connectivity index is 1.73. The van der Waals surface area contributed by atoms with E-state index in [4.69, 9.17) is 4.74 Å². The van der Waals surface area contributed by atoms with Gasteiger partial charge in [0.15, 0.2) is 17.1 Å². The molecule has 0 aliphatic heterocycles. The molecule has 2 aromatic carbocycles. The average molecular weight is 463 g/mol. The number of aryl methyl sites for hydroxylation is 1. The summed E-state index contributed by atoms with van der Waals surface area (Å²) in [6.45, 7) is 8.75. The Bertz CT molecular complexity index is 1150. The predicted molar refractivity (Wildman–Crippen MR) is 139 cm³/mol. The maximum absolute atomic E-state index is 13.6. The first-order valence-corrected chi connectivity index (χ1v) is 12.7. The third-order valence-corrected chi connectivity index (χ3v) is 7.65. The number of aromatic nitrogens is 2. The second-order valence-electron chi connectivity index (χ2n) is 10.7. The van der Waals surface area contributed by atoms with Gasteiger partial charge in [-0.3, -0.25) is 0 Å². The predicted octanol–water partition coefficient (Wildman–Crippen LogP) is 5.76. The van der Waals surface area contributed by atoms with Crippen molar-refractivity contribution in [2.75, 3.05) is 19.0 Å². The molecule has 0 bridgehead atoms. The first-order valence-electron chi connectivity index (χ1n) is 12.7. The van der Waals surface area contributed by atoms with Gasteiger partial charge in [0, 0.05) is 19.8 Å². The Morgan fingerprint density at radius 3 is 2.38 bits per heavy atom. The Morgan fingerprint density at radius 1 is 1.06 bits per heavy atom. The van der Waals surface area contributed by atoms with Crippen molar-refractivity contribution in [1.29, 1.82) is 0 Å². The van der Waals surface area contributed by atoms with Crippen molar-refractivity contribution in [3.8, 4) is 11.4 Å². The molecule has 182 valence electrons. The third kappa shape index (κ3) is 4.57. The van der Waals surface area contributed by atoms with Crippen LogP contribution in [0.3, 0.4) is 0 Å². The van der Waals surface area contributed by atoms with Gasteiger partial charge in [-0.2, -0.15) is 0 Å².